The molecule has 1 saturated heterocycles. The highest BCUT2D eigenvalue weighted by Gasteiger charge is 2.35. The van der Waals surface area contributed by atoms with Gasteiger partial charge >= 0.3 is 0 Å². The molecule has 3 heterocycles. The summed E-state index contributed by atoms with van der Waals surface area (Å²) in [6.45, 7) is 7.99. The second-order valence-corrected chi connectivity index (χ2v) is 7.82. The third-order valence-corrected chi connectivity index (χ3v) is 4.31. The van der Waals surface area contributed by atoms with E-state index in [2.05, 4.69) is 46.7 Å². The number of aromatic amines is 1. The summed E-state index contributed by atoms with van der Waals surface area (Å²) in [5, 5.41) is 17.7. The number of rotatable bonds is 4. The van der Waals surface area contributed by atoms with Crippen molar-refractivity contribution in [2.75, 3.05) is 18.4 Å². The molecule has 7 nitrogen and oxygen atoms in total. The van der Waals surface area contributed by atoms with Crippen molar-refractivity contribution in [1.29, 1.82) is 0 Å². The molecule has 8 heteroatoms. The smallest absolute Gasteiger partial charge is 0.230 e. The van der Waals surface area contributed by atoms with Gasteiger partial charge in [0, 0.05) is 44.0 Å². The van der Waals surface area contributed by atoms with Gasteiger partial charge in [0.1, 0.15) is 0 Å². The number of halogens is 1. The van der Waals surface area contributed by atoms with E-state index in [1.54, 1.807) is 4.68 Å². The highest BCUT2D eigenvalue weighted by molar-refractivity contribution is 5.92. The molecule has 2 aromatic heterocycles. The van der Waals surface area contributed by atoms with E-state index in [9.17, 15) is 4.79 Å². The van der Waals surface area contributed by atoms with E-state index in [1.807, 2.05) is 25.5 Å². The van der Waals surface area contributed by atoms with Crippen LogP contribution in [0, 0.1) is 11.3 Å². The molecule has 3 rings (SSSR count). The molecule has 0 spiro atoms. The largest absolute Gasteiger partial charge is 0.315 e. The molecular formula is C17H27ClN6O. The molecule has 138 valence electrons. The lowest BCUT2D eigenvalue weighted by atomic mass is 9.90. The standard InChI is InChI=1S/C17H26N6O.ClH/c1-17(2,3)6-12-5-15(22-21-12)20-16(24)14-9-18-8-13(14)11-7-19-23(4)10-11;/h5,7,10,13-14,18H,6,8-9H2,1-4H3,(H2,20,21,22,24);1H/t13-,14+;/m1./s1. The van der Waals surface area contributed by atoms with Gasteiger partial charge in [-0.15, -0.1) is 12.4 Å². The van der Waals surface area contributed by atoms with Crippen LogP contribution >= 0.6 is 12.4 Å². The molecule has 0 unspecified atom stereocenters. The van der Waals surface area contributed by atoms with Gasteiger partial charge in [0.25, 0.3) is 0 Å². The van der Waals surface area contributed by atoms with Crippen molar-refractivity contribution in [2.24, 2.45) is 18.4 Å². The Kier molecular flexibility index (Phi) is 5.90. The Labute approximate surface area is 154 Å². The van der Waals surface area contributed by atoms with Crippen LogP contribution in [0.15, 0.2) is 18.5 Å². The number of aryl methyl sites for hydroxylation is 1. The van der Waals surface area contributed by atoms with Crippen LogP contribution in [0.4, 0.5) is 5.82 Å². The van der Waals surface area contributed by atoms with Crippen LogP contribution in [0.3, 0.4) is 0 Å². The molecular weight excluding hydrogens is 340 g/mol. The summed E-state index contributed by atoms with van der Waals surface area (Å²) in [7, 11) is 1.89. The summed E-state index contributed by atoms with van der Waals surface area (Å²) < 4.78 is 1.77. The van der Waals surface area contributed by atoms with Gasteiger partial charge < -0.3 is 10.6 Å². The maximum Gasteiger partial charge on any atom is 0.230 e. The van der Waals surface area contributed by atoms with E-state index in [0.717, 1.165) is 24.2 Å². The van der Waals surface area contributed by atoms with Gasteiger partial charge in [0.15, 0.2) is 5.82 Å². The number of hydrogen-bond donors (Lipinski definition) is 3. The van der Waals surface area contributed by atoms with Crippen molar-refractivity contribution in [2.45, 2.75) is 33.1 Å². The Balaban J connectivity index is 0.00000225. The number of anilines is 1. The predicted molar refractivity (Wildman–Crippen MR) is 99.9 cm³/mol. The summed E-state index contributed by atoms with van der Waals surface area (Å²) in [6, 6.07) is 1.92. The molecule has 25 heavy (non-hydrogen) atoms. The first-order chi connectivity index (χ1) is 11.3. The zero-order valence-corrected chi connectivity index (χ0v) is 16.0. The fourth-order valence-electron chi connectivity index (χ4n) is 3.24. The SMILES string of the molecule is Cl.Cn1cc([C@H]2CNC[C@@H]2C(=O)Nc2cc(CC(C)(C)C)[nH]n2)cn1. The first-order valence-electron chi connectivity index (χ1n) is 8.36. The fraction of sp³-hybridized carbons (Fsp3) is 0.588. The summed E-state index contributed by atoms with van der Waals surface area (Å²) in [5.41, 5.74) is 2.30. The zero-order valence-electron chi connectivity index (χ0n) is 15.2. The molecule has 2 aromatic rings. The number of nitrogens with one attached hydrogen (secondary N) is 3. The molecule has 1 aliphatic rings. The molecule has 3 N–H and O–H groups in total. The number of H-pyrrole nitrogens is 1. The van der Waals surface area contributed by atoms with Gasteiger partial charge in [-0.05, 0) is 17.4 Å². The molecule has 0 bridgehead atoms. The van der Waals surface area contributed by atoms with Crippen LogP contribution in [0.5, 0.6) is 0 Å². The monoisotopic (exact) mass is 366 g/mol. The summed E-state index contributed by atoms with van der Waals surface area (Å²) >= 11 is 0. The number of aromatic nitrogens is 4. The Morgan fingerprint density at radius 1 is 1.40 bits per heavy atom. The topological polar surface area (TPSA) is 87.6 Å². The molecule has 0 radical (unpaired) electrons. The molecule has 0 aromatic carbocycles. The third-order valence-electron chi connectivity index (χ3n) is 4.31. The molecule has 0 aliphatic carbocycles. The van der Waals surface area contributed by atoms with Crippen LogP contribution in [0.1, 0.15) is 37.9 Å². The second kappa shape index (κ2) is 7.58. The van der Waals surface area contributed by atoms with Crippen molar-refractivity contribution >= 4 is 24.1 Å². The number of hydrogen-bond acceptors (Lipinski definition) is 4. The van der Waals surface area contributed by atoms with Gasteiger partial charge in [-0.2, -0.15) is 10.2 Å². The maximum atomic E-state index is 12.7. The lowest BCUT2D eigenvalue weighted by molar-refractivity contribution is -0.119. The number of carbonyl (C=O) groups excluding carboxylic acids is 1. The average molecular weight is 367 g/mol. The second-order valence-electron chi connectivity index (χ2n) is 7.82. The van der Waals surface area contributed by atoms with Crippen molar-refractivity contribution in [3.8, 4) is 0 Å². The van der Waals surface area contributed by atoms with Crippen molar-refractivity contribution in [3.05, 3.63) is 29.7 Å². The number of carbonyl (C=O) groups is 1. The van der Waals surface area contributed by atoms with Gasteiger partial charge in [-0.25, -0.2) is 0 Å². The van der Waals surface area contributed by atoms with E-state index in [0.29, 0.717) is 12.4 Å². The molecule has 1 fully saturated rings. The lowest BCUT2D eigenvalue weighted by Crippen LogP contribution is -2.28. The maximum absolute atomic E-state index is 12.7. The normalized spacial score (nSPS) is 20.3. The Bertz CT molecular complexity index is 717. The summed E-state index contributed by atoms with van der Waals surface area (Å²) in [6.07, 6.45) is 4.71. The molecule has 0 saturated carbocycles. The van der Waals surface area contributed by atoms with E-state index >= 15 is 0 Å². The highest BCUT2D eigenvalue weighted by atomic mass is 35.5. The highest BCUT2D eigenvalue weighted by Crippen LogP contribution is 2.29. The minimum Gasteiger partial charge on any atom is -0.315 e. The lowest BCUT2D eigenvalue weighted by Gasteiger charge is -2.16. The quantitative estimate of drug-likeness (QED) is 0.773. The molecule has 1 amide bonds. The van der Waals surface area contributed by atoms with Crippen molar-refractivity contribution < 1.29 is 4.79 Å². The first-order valence-corrected chi connectivity index (χ1v) is 8.36. The van der Waals surface area contributed by atoms with E-state index in [4.69, 9.17) is 0 Å². The Hall–Kier alpha value is -1.86. The van der Waals surface area contributed by atoms with Gasteiger partial charge in [0.05, 0.1) is 12.1 Å². The molecule has 1 aliphatic heterocycles. The van der Waals surface area contributed by atoms with Crippen molar-refractivity contribution in [1.82, 2.24) is 25.3 Å². The van der Waals surface area contributed by atoms with Gasteiger partial charge in [-0.1, -0.05) is 20.8 Å². The fourth-order valence-corrected chi connectivity index (χ4v) is 3.24. The Morgan fingerprint density at radius 2 is 2.16 bits per heavy atom. The van der Waals surface area contributed by atoms with E-state index in [1.165, 1.54) is 0 Å². The van der Waals surface area contributed by atoms with Gasteiger partial charge in [0.2, 0.25) is 5.91 Å². The minimum absolute atomic E-state index is 0. The van der Waals surface area contributed by atoms with E-state index < -0.39 is 0 Å². The Morgan fingerprint density at radius 3 is 2.80 bits per heavy atom. The van der Waals surface area contributed by atoms with Crippen LogP contribution in [-0.2, 0) is 18.3 Å². The number of amides is 1. The van der Waals surface area contributed by atoms with Crippen LogP contribution < -0.4 is 10.6 Å². The summed E-state index contributed by atoms with van der Waals surface area (Å²) in [5.74, 6) is 0.627. The van der Waals surface area contributed by atoms with Crippen LogP contribution in [0.2, 0.25) is 0 Å². The minimum atomic E-state index is -0.114. The van der Waals surface area contributed by atoms with Crippen molar-refractivity contribution in [3.63, 3.8) is 0 Å². The predicted octanol–water partition coefficient (Wildman–Crippen LogP) is 2.10. The molecule has 2 atom stereocenters. The average Bonchev–Trinajstić information content (AvgIpc) is 3.17. The zero-order chi connectivity index (χ0) is 17.3. The number of nitrogens with zero attached hydrogens (tertiary/aromatic N) is 3. The van der Waals surface area contributed by atoms with Gasteiger partial charge in [-0.3, -0.25) is 14.6 Å². The van der Waals surface area contributed by atoms with E-state index in [-0.39, 0.29) is 35.6 Å². The van der Waals surface area contributed by atoms with Crippen LogP contribution in [0.25, 0.3) is 0 Å². The first kappa shape index (κ1) is 19.5. The summed E-state index contributed by atoms with van der Waals surface area (Å²) in [4.78, 5) is 12.7. The van der Waals surface area contributed by atoms with Crippen LogP contribution in [-0.4, -0.2) is 39.0 Å². The third kappa shape index (κ3) is 4.83.